The number of rotatable bonds is 3. The third-order valence-electron chi connectivity index (χ3n) is 0.736. The molecule has 0 heterocycles. The molecule has 0 amide bonds. The molecule has 0 aromatic carbocycles. The molecule has 0 saturated carbocycles. The van der Waals surface area contributed by atoms with Crippen molar-refractivity contribution in [2.45, 2.75) is 21.7 Å². The average molecular weight is 351 g/mol. The van der Waals surface area contributed by atoms with E-state index in [1.165, 1.54) is 0 Å². The molecule has 0 aliphatic carbocycles. The van der Waals surface area contributed by atoms with E-state index < -0.39 is 4.46 Å². The summed E-state index contributed by atoms with van der Waals surface area (Å²) >= 11 is 13.0. The fourth-order valence-corrected chi connectivity index (χ4v) is 0.868. The first-order valence-corrected chi connectivity index (χ1v) is 4.51. The van der Waals surface area contributed by atoms with E-state index in [4.69, 9.17) is 34.7 Å². The van der Waals surface area contributed by atoms with Gasteiger partial charge < -0.3 is 0 Å². The molecule has 0 bridgehead atoms. The van der Waals surface area contributed by atoms with Crippen LogP contribution in [0.5, 0.6) is 0 Å². The summed E-state index contributed by atoms with van der Waals surface area (Å²) < 4.78 is -1.02. The number of hydrogen-bond donors (Lipinski definition) is 2. The van der Waals surface area contributed by atoms with E-state index in [-0.39, 0.29) is 4.43 Å². The molecule has 1 atom stereocenters. The molecule has 9 heavy (non-hydrogen) atoms. The van der Waals surface area contributed by atoms with Crippen molar-refractivity contribution in [2.75, 3.05) is 0 Å². The molecule has 4 N–H and O–H groups in total. The van der Waals surface area contributed by atoms with Crippen LogP contribution in [-0.4, -0.2) is 8.89 Å². The van der Waals surface area contributed by atoms with Crippen molar-refractivity contribution in [1.29, 1.82) is 0 Å². The maximum absolute atomic E-state index is 5.46. The zero-order valence-electron chi connectivity index (χ0n) is 4.72. The van der Waals surface area contributed by atoms with Gasteiger partial charge in [-0.3, -0.25) is 0 Å². The summed E-state index contributed by atoms with van der Waals surface area (Å²) in [4.78, 5) is 0. The molecule has 0 radical (unpaired) electrons. The molecule has 0 rings (SSSR count). The molecule has 5 heteroatoms. The predicted molar refractivity (Wildman–Crippen MR) is 35.8 cm³/mol. The molecule has 0 aromatic heterocycles. The topological polar surface area (TPSA) is 52.0 Å². The van der Waals surface area contributed by atoms with Gasteiger partial charge in [0, 0.05) is 0 Å². The summed E-state index contributed by atoms with van der Waals surface area (Å²) in [7, 11) is 0. The second kappa shape index (κ2) is 4.15. The minimum atomic E-state index is -1.11. The van der Waals surface area contributed by atoms with Crippen LogP contribution in [0.1, 0.15) is 12.8 Å². The summed E-state index contributed by atoms with van der Waals surface area (Å²) in [6.07, 6.45) is 1.27. The first kappa shape index (κ1) is 10.2. The number of alkyl halides is 2. The first-order valence-electron chi connectivity index (χ1n) is 2.44. The van der Waals surface area contributed by atoms with Gasteiger partial charge in [-0.25, -0.2) is 0 Å². The molecule has 0 aliphatic rings. The Bertz CT molecular complexity index is 81.1. The van der Waals surface area contributed by atoms with Gasteiger partial charge in [-0.05, 0) is 0 Å². The fraction of sp³-hybridized carbons (Fsp3) is 1.00. The van der Waals surface area contributed by atoms with Crippen molar-refractivity contribution in [3.05, 3.63) is 0 Å². The Labute approximate surface area is 76.1 Å². The SMILES string of the molecule is N[CH]([Pt])CCC(N)(Cl)Cl. The molecule has 2 nitrogen and oxygen atoms in total. The minimum absolute atomic E-state index is 0.0884. The van der Waals surface area contributed by atoms with Crippen molar-refractivity contribution >= 4 is 23.2 Å². The molecule has 59 valence electrons. The fourth-order valence-electron chi connectivity index (χ4n) is 0.321. The quantitative estimate of drug-likeness (QED) is 0.581. The molecule has 1 unspecified atom stereocenters. The van der Waals surface area contributed by atoms with Gasteiger partial charge in [-0.1, -0.05) is 0 Å². The molecular weight excluding hydrogens is 342 g/mol. The molecule has 0 aliphatic heterocycles. The summed E-state index contributed by atoms with van der Waals surface area (Å²) in [5, 5.41) is 0. The van der Waals surface area contributed by atoms with Crippen LogP contribution in [0.4, 0.5) is 0 Å². The van der Waals surface area contributed by atoms with Crippen LogP contribution in [0.15, 0.2) is 0 Å². The van der Waals surface area contributed by atoms with Crippen LogP contribution in [0.3, 0.4) is 0 Å². The Morgan fingerprint density at radius 2 is 2.00 bits per heavy atom. The third-order valence-corrected chi connectivity index (χ3v) is 1.77. The summed E-state index contributed by atoms with van der Waals surface area (Å²) in [6, 6.07) is 0. The van der Waals surface area contributed by atoms with Crippen molar-refractivity contribution in [2.24, 2.45) is 11.5 Å². The molecule has 0 spiro atoms. The van der Waals surface area contributed by atoms with Crippen LogP contribution in [0.2, 0.25) is 0 Å². The van der Waals surface area contributed by atoms with Gasteiger partial charge in [0.1, 0.15) is 0 Å². The Hall–Kier alpha value is 1.19. The van der Waals surface area contributed by atoms with E-state index in [1.807, 2.05) is 0 Å². The second-order valence-corrected chi connectivity index (χ2v) is 5.00. The standard InChI is InChI=1S/C4H9Cl2N2.Pt/c5-4(6,8)2-1-3-7;/h3H,1-2,7-8H2;. The third kappa shape index (κ3) is 9.19. The van der Waals surface area contributed by atoms with Gasteiger partial charge in [0.2, 0.25) is 0 Å². The van der Waals surface area contributed by atoms with E-state index in [0.29, 0.717) is 6.42 Å². The average Bonchev–Trinajstić information content (AvgIpc) is 1.59. The van der Waals surface area contributed by atoms with Crippen LogP contribution >= 0.6 is 23.2 Å². The van der Waals surface area contributed by atoms with Gasteiger partial charge in [-0.2, -0.15) is 0 Å². The van der Waals surface area contributed by atoms with Crippen LogP contribution in [-0.2, 0) is 19.8 Å². The summed E-state index contributed by atoms with van der Waals surface area (Å²) in [6.45, 7) is 0. The van der Waals surface area contributed by atoms with Crippen molar-refractivity contribution in [1.82, 2.24) is 0 Å². The van der Waals surface area contributed by atoms with Gasteiger partial charge in [0.25, 0.3) is 0 Å². The van der Waals surface area contributed by atoms with Crippen molar-refractivity contribution in [3.63, 3.8) is 0 Å². The zero-order valence-corrected chi connectivity index (χ0v) is 8.50. The Balaban J connectivity index is 3.28. The summed E-state index contributed by atoms with van der Waals surface area (Å²) in [5.74, 6) is 0. The van der Waals surface area contributed by atoms with Crippen molar-refractivity contribution < 1.29 is 19.8 Å². The second-order valence-electron chi connectivity index (χ2n) is 1.77. The Kier molecular flexibility index (Phi) is 4.69. The number of nitrogens with two attached hydrogens (primary N) is 2. The van der Waals surface area contributed by atoms with Gasteiger partial charge in [-0.15, -0.1) is 0 Å². The van der Waals surface area contributed by atoms with Gasteiger partial charge >= 0.3 is 76.2 Å². The Morgan fingerprint density at radius 1 is 1.56 bits per heavy atom. The normalized spacial score (nSPS) is 15.8. The van der Waals surface area contributed by atoms with Crippen LogP contribution in [0, 0.1) is 0 Å². The van der Waals surface area contributed by atoms with E-state index >= 15 is 0 Å². The Morgan fingerprint density at radius 3 is 2.11 bits per heavy atom. The number of halogens is 2. The van der Waals surface area contributed by atoms with Crippen LogP contribution < -0.4 is 11.5 Å². The predicted octanol–water partition coefficient (Wildman–Crippen LogP) is 0.688. The van der Waals surface area contributed by atoms with E-state index in [1.54, 1.807) is 0 Å². The zero-order chi connectivity index (χ0) is 7.49. The van der Waals surface area contributed by atoms with E-state index in [2.05, 4.69) is 19.8 Å². The van der Waals surface area contributed by atoms with E-state index in [9.17, 15) is 0 Å². The van der Waals surface area contributed by atoms with Gasteiger partial charge in [0.05, 0.1) is 0 Å². The monoisotopic (exact) mass is 350 g/mol. The van der Waals surface area contributed by atoms with Gasteiger partial charge in [0.15, 0.2) is 0 Å². The summed E-state index contributed by atoms with van der Waals surface area (Å²) in [5.41, 5.74) is 10.7. The van der Waals surface area contributed by atoms with Crippen LogP contribution in [0.25, 0.3) is 0 Å². The number of hydrogen-bond acceptors (Lipinski definition) is 2. The molecular formula is C4H9Cl2N2Pt. The maximum atomic E-state index is 5.46. The van der Waals surface area contributed by atoms with E-state index in [0.717, 1.165) is 6.42 Å². The molecule has 0 saturated heterocycles. The molecule has 0 fully saturated rings. The molecule has 0 aromatic rings. The first-order chi connectivity index (χ1) is 3.92. The van der Waals surface area contributed by atoms with Crippen molar-refractivity contribution in [3.8, 4) is 0 Å².